The lowest BCUT2D eigenvalue weighted by molar-refractivity contribution is 0.0237. The molecule has 0 spiro atoms. The number of aromatic nitrogens is 2. The van der Waals surface area contributed by atoms with Gasteiger partial charge in [-0.1, -0.05) is 6.92 Å². The van der Waals surface area contributed by atoms with E-state index in [9.17, 15) is 9.50 Å². The van der Waals surface area contributed by atoms with Crippen molar-refractivity contribution in [2.45, 2.75) is 52.2 Å². The van der Waals surface area contributed by atoms with E-state index in [0.29, 0.717) is 12.1 Å². The first-order valence-electron chi connectivity index (χ1n) is 5.69. The van der Waals surface area contributed by atoms with Crippen LogP contribution >= 0.6 is 0 Å². The van der Waals surface area contributed by atoms with Gasteiger partial charge in [0, 0.05) is 0 Å². The maximum absolute atomic E-state index is 13.9. The quantitative estimate of drug-likeness (QED) is 0.848. The summed E-state index contributed by atoms with van der Waals surface area (Å²) in [6.45, 7) is 8.75. The Labute approximate surface area is 101 Å². The molecule has 0 saturated heterocycles. The van der Waals surface area contributed by atoms with Crippen LogP contribution in [0, 0.1) is 5.82 Å². The van der Waals surface area contributed by atoms with Gasteiger partial charge in [0.2, 0.25) is 0 Å². The monoisotopic (exact) mass is 241 g/mol. The Bertz CT molecular complexity index is 399. The van der Waals surface area contributed by atoms with E-state index < -0.39 is 17.0 Å². The fraction of sp³-hybridized carbons (Fsp3) is 0.667. The molecular weight excluding hydrogens is 221 g/mol. The summed E-state index contributed by atoms with van der Waals surface area (Å²) in [4.78, 5) is 7.74. The Morgan fingerprint density at radius 1 is 1.29 bits per heavy atom. The molecule has 0 unspecified atom stereocenters. The van der Waals surface area contributed by atoms with Crippen LogP contribution in [0.3, 0.4) is 0 Å². The fourth-order valence-electron chi connectivity index (χ4n) is 1.19. The van der Waals surface area contributed by atoms with Crippen molar-refractivity contribution in [1.29, 1.82) is 0 Å². The van der Waals surface area contributed by atoms with Gasteiger partial charge in [-0.2, -0.15) is 0 Å². The first-order chi connectivity index (χ1) is 7.69. The van der Waals surface area contributed by atoms with E-state index >= 15 is 0 Å². The number of halogens is 1. The number of anilines is 1. The van der Waals surface area contributed by atoms with Gasteiger partial charge < -0.3 is 10.4 Å². The molecule has 0 saturated carbocycles. The van der Waals surface area contributed by atoms with Gasteiger partial charge in [0.05, 0.1) is 16.8 Å². The van der Waals surface area contributed by atoms with Crippen molar-refractivity contribution in [1.82, 2.24) is 9.97 Å². The molecule has 0 fully saturated rings. The molecule has 4 nitrogen and oxygen atoms in total. The third-order valence-corrected chi connectivity index (χ3v) is 3.16. The van der Waals surface area contributed by atoms with Crippen LogP contribution in [0.1, 0.15) is 40.3 Å². The average molecular weight is 241 g/mol. The van der Waals surface area contributed by atoms with Crippen LogP contribution < -0.4 is 5.32 Å². The minimum atomic E-state index is -1.00. The lowest BCUT2D eigenvalue weighted by atomic mass is 9.86. The normalized spacial score (nSPS) is 12.6. The summed E-state index contributed by atoms with van der Waals surface area (Å²) in [5.74, 6) is -0.323. The molecule has 17 heavy (non-hydrogen) atoms. The zero-order chi connectivity index (χ0) is 13.3. The van der Waals surface area contributed by atoms with Gasteiger partial charge in [0.25, 0.3) is 0 Å². The van der Waals surface area contributed by atoms with Gasteiger partial charge in [0.15, 0.2) is 11.6 Å². The average Bonchev–Trinajstić information content (AvgIpc) is 2.19. The smallest absolute Gasteiger partial charge is 0.186 e. The standard InChI is InChI=1S/C12H20FN3O/c1-6-8-9(13)10(15-7-14-8)16-11(2,3)12(4,5)17/h7,17H,6H2,1-5H3,(H,14,15,16). The number of hydrogen-bond acceptors (Lipinski definition) is 4. The van der Waals surface area contributed by atoms with Crippen molar-refractivity contribution in [2.75, 3.05) is 5.32 Å². The van der Waals surface area contributed by atoms with Crippen LogP contribution in [0.15, 0.2) is 6.33 Å². The van der Waals surface area contributed by atoms with Crippen LogP contribution in [-0.2, 0) is 6.42 Å². The minimum absolute atomic E-state index is 0.129. The predicted molar refractivity (Wildman–Crippen MR) is 65.4 cm³/mol. The Morgan fingerprint density at radius 3 is 2.35 bits per heavy atom. The van der Waals surface area contributed by atoms with Crippen LogP contribution in [0.25, 0.3) is 0 Å². The number of hydrogen-bond donors (Lipinski definition) is 2. The van der Waals surface area contributed by atoms with E-state index in [1.165, 1.54) is 6.33 Å². The van der Waals surface area contributed by atoms with E-state index in [2.05, 4.69) is 15.3 Å². The van der Waals surface area contributed by atoms with Gasteiger partial charge in [-0.3, -0.25) is 0 Å². The van der Waals surface area contributed by atoms with Crippen molar-refractivity contribution in [2.24, 2.45) is 0 Å². The molecule has 1 rings (SSSR count). The molecule has 0 bridgehead atoms. The first-order valence-corrected chi connectivity index (χ1v) is 5.69. The molecule has 0 amide bonds. The molecule has 2 N–H and O–H groups in total. The van der Waals surface area contributed by atoms with E-state index in [1.807, 2.05) is 6.92 Å². The molecule has 1 aromatic heterocycles. The van der Waals surface area contributed by atoms with E-state index in [4.69, 9.17) is 0 Å². The molecule has 0 aromatic carbocycles. The molecule has 0 aliphatic carbocycles. The lowest BCUT2D eigenvalue weighted by Gasteiger charge is -2.38. The highest BCUT2D eigenvalue weighted by molar-refractivity contribution is 5.40. The molecule has 96 valence electrons. The molecule has 1 heterocycles. The fourth-order valence-corrected chi connectivity index (χ4v) is 1.19. The second-order valence-corrected chi connectivity index (χ2v) is 5.15. The Morgan fingerprint density at radius 2 is 1.88 bits per heavy atom. The van der Waals surface area contributed by atoms with E-state index in [-0.39, 0.29) is 5.82 Å². The van der Waals surface area contributed by atoms with Gasteiger partial charge in [0.1, 0.15) is 6.33 Å². The van der Waals surface area contributed by atoms with Gasteiger partial charge in [-0.15, -0.1) is 0 Å². The van der Waals surface area contributed by atoms with Crippen LogP contribution in [0.5, 0.6) is 0 Å². The summed E-state index contributed by atoms with van der Waals surface area (Å²) in [6, 6.07) is 0. The Balaban J connectivity index is 3.04. The van der Waals surface area contributed by atoms with E-state index in [1.54, 1.807) is 27.7 Å². The minimum Gasteiger partial charge on any atom is -0.388 e. The number of aryl methyl sites for hydroxylation is 1. The predicted octanol–water partition coefficient (Wildman–Crippen LogP) is 2.14. The van der Waals surface area contributed by atoms with Crippen molar-refractivity contribution >= 4 is 5.82 Å². The highest BCUT2D eigenvalue weighted by Gasteiger charge is 2.36. The third-order valence-electron chi connectivity index (χ3n) is 3.16. The third kappa shape index (κ3) is 2.91. The Hall–Kier alpha value is -1.23. The summed E-state index contributed by atoms with van der Waals surface area (Å²) in [7, 11) is 0. The molecular formula is C12H20FN3O. The van der Waals surface area contributed by atoms with Crippen LogP contribution in [0.2, 0.25) is 0 Å². The van der Waals surface area contributed by atoms with Gasteiger partial charge in [-0.25, -0.2) is 14.4 Å². The van der Waals surface area contributed by atoms with Crippen molar-refractivity contribution in [3.8, 4) is 0 Å². The number of nitrogens with zero attached hydrogens (tertiary/aromatic N) is 2. The number of rotatable bonds is 4. The zero-order valence-corrected chi connectivity index (χ0v) is 11.0. The van der Waals surface area contributed by atoms with Crippen molar-refractivity contribution in [3.05, 3.63) is 17.8 Å². The van der Waals surface area contributed by atoms with Crippen LogP contribution in [0.4, 0.5) is 10.2 Å². The SMILES string of the molecule is CCc1ncnc(NC(C)(C)C(C)(C)O)c1F. The molecule has 5 heteroatoms. The highest BCUT2D eigenvalue weighted by atomic mass is 19.1. The lowest BCUT2D eigenvalue weighted by Crippen LogP contribution is -2.51. The topological polar surface area (TPSA) is 58.0 Å². The number of aliphatic hydroxyl groups is 1. The van der Waals surface area contributed by atoms with Crippen molar-refractivity contribution in [3.63, 3.8) is 0 Å². The summed E-state index contributed by atoms with van der Waals surface area (Å²) in [6.07, 6.45) is 1.83. The highest BCUT2D eigenvalue weighted by Crippen LogP contribution is 2.26. The second-order valence-electron chi connectivity index (χ2n) is 5.15. The maximum atomic E-state index is 13.9. The number of nitrogens with one attached hydrogen (secondary N) is 1. The molecule has 1 aromatic rings. The van der Waals surface area contributed by atoms with Gasteiger partial charge in [-0.05, 0) is 34.1 Å². The summed E-state index contributed by atoms with van der Waals surface area (Å²) < 4.78 is 13.9. The second kappa shape index (κ2) is 4.56. The Kier molecular flexibility index (Phi) is 3.71. The summed E-state index contributed by atoms with van der Waals surface area (Å²) >= 11 is 0. The zero-order valence-electron chi connectivity index (χ0n) is 11.0. The first kappa shape index (κ1) is 13.8. The van der Waals surface area contributed by atoms with Crippen molar-refractivity contribution < 1.29 is 9.50 Å². The molecule has 0 aliphatic heterocycles. The van der Waals surface area contributed by atoms with E-state index in [0.717, 1.165) is 0 Å². The van der Waals surface area contributed by atoms with Crippen LogP contribution in [-0.4, -0.2) is 26.2 Å². The molecule has 0 atom stereocenters. The summed E-state index contributed by atoms with van der Waals surface area (Å²) in [5.41, 5.74) is -1.33. The largest absolute Gasteiger partial charge is 0.388 e. The molecule has 0 aliphatic rings. The summed E-state index contributed by atoms with van der Waals surface area (Å²) in [5, 5.41) is 12.9. The molecule has 0 radical (unpaired) electrons. The van der Waals surface area contributed by atoms with Gasteiger partial charge >= 0.3 is 0 Å². The maximum Gasteiger partial charge on any atom is 0.186 e.